The number of hydrogen-bond acceptors (Lipinski definition) is 4. The molecule has 1 aromatic heterocycles. The quantitative estimate of drug-likeness (QED) is 0.647. The Balaban J connectivity index is 2.61. The van der Waals surface area contributed by atoms with Crippen LogP contribution >= 0.6 is 11.3 Å². The van der Waals surface area contributed by atoms with Gasteiger partial charge in [-0.25, -0.2) is 0 Å². The highest BCUT2D eigenvalue weighted by Crippen LogP contribution is 2.21. The Labute approximate surface area is 75.5 Å². The molecule has 1 heterocycles. The van der Waals surface area contributed by atoms with Crippen molar-refractivity contribution in [2.45, 2.75) is 19.1 Å². The third kappa shape index (κ3) is 2.28. The molecule has 3 nitrogen and oxygen atoms in total. The molecule has 1 aromatic rings. The fraction of sp³-hybridized carbons (Fsp3) is 0.500. The average Bonchev–Trinajstić information content (AvgIpc) is 2.52. The van der Waals surface area contributed by atoms with Crippen LogP contribution < -0.4 is 5.73 Å². The molecule has 1 unspecified atom stereocenters. The predicted molar refractivity (Wildman–Crippen MR) is 48.9 cm³/mol. The van der Waals surface area contributed by atoms with Gasteiger partial charge in [-0.05, 0) is 23.4 Å². The van der Waals surface area contributed by atoms with Crippen molar-refractivity contribution in [1.29, 1.82) is 0 Å². The monoisotopic (exact) mass is 187 g/mol. The lowest BCUT2D eigenvalue weighted by Crippen LogP contribution is -2.10. The zero-order valence-electron chi connectivity index (χ0n) is 6.73. The van der Waals surface area contributed by atoms with Gasteiger partial charge in [0.05, 0.1) is 6.61 Å². The molecule has 4 N–H and O–H groups in total. The number of hydrogen-bond donors (Lipinski definition) is 3. The van der Waals surface area contributed by atoms with Crippen LogP contribution in [-0.4, -0.2) is 16.8 Å². The van der Waals surface area contributed by atoms with E-state index in [1.165, 1.54) is 11.3 Å². The van der Waals surface area contributed by atoms with E-state index >= 15 is 0 Å². The Morgan fingerprint density at radius 1 is 1.50 bits per heavy atom. The van der Waals surface area contributed by atoms with Gasteiger partial charge in [0.25, 0.3) is 0 Å². The van der Waals surface area contributed by atoms with Crippen LogP contribution in [0.15, 0.2) is 11.4 Å². The first kappa shape index (κ1) is 9.67. The van der Waals surface area contributed by atoms with Gasteiger partial charge in [0.15, 0.2) is 0 Å². The van der Waals surface area contributed by atoms with Crippen molar-refractivity contribution in [3.05, 3.63) is 21.9 Å². The van der Waals surface area contributed by atoms with E-state index in [0.717, 1.165) is 10.4 Å². The van der Waals surface area contributed by atoms with Gasteiger partial charge >= 0.3 is 0 Å². The molecule has 0 saturated carbocycles. The Hall–Kier alpha value is -0.420. The molecule has 0 spiro atoms. The SMILES string of the molecule is NC(CCO)c1csc(CO)c1. The van der Waals surface area contributed by atoms with Gasteiger partial charge in [-0.15, -0.1) is 11.3 Å². The Morgan fingerprint density at radius 2 is 2.25 bits per heavy atom. The minimum atomic E-state index is -0.105. The summed E-state index contributed by atoms with van der Waals surface area (Å²) in [6.07, 6.45) is 0.571. The normalized spacial score (nSPS) is 13.2. The Bertz CT molecular complexity index is 237. The summed E-state index contributed by atoms with van der Waals surface area (Å²) in [4.78, 5) is 0.915. The molecule has 0 aliphatic carbocycles. The van der Waals surface area contributed by atoms with Crippen LogP contribution in [0.1, 0.15) is 22.9 Å². The molecule has 0 amide bonds. The highest BCUT2D eigenvalue weighted by Gasteiger charge is 2.07. The zero-order valence-corrected chi connectivity index (χ0v) is 7.55. The van der Waals surface area contributed by atoms with Gasteiger partial charge in [-0.2, -0.15) is 0 Å². The van der Waals surface area contributed by atoms with E-state index in [4.69, 9.17) is 15.9 Å². The first-order chi connectivity index (χ1) is 5.77. The lowest BCUT2D eigenvalue weighted by atomic mass is 10.1. The minimum absolute atomic E-state index is 0.0660. The van der Waals surface area contributed by atoms with Gasteiger partial charge in [0, 0.05) is 17.5 Å². The lowest BCUT2D eigenvalue weighted by Gasteiger charge is -2.05. The van der Waals surface area contributed by atoms with E-state index in [1.54, 1.807) is 0 Å². The van der Waals surface area contributed by atoms with Crippen molar-refractivity contribution in [1.82, 2.24) is 0 Å². The number of thiophene rings is 1. The fourth-order valence-electron chi connectivity index (χ4n) is 0.981. The van der Waals surface area contributed by atoms with Crippen LogP contribution in [0.4, 0.5) is 0 Å². The first-order valence-corrected chi connectivity index (χ1v) is 4.70. The maximum atomic E-state index is 8.78. The second-order valence-electron chi connectivity index (χ2n) is 2.62. The fourth-order valence-corrected chi connectivity index (χ4v) is 1.79. The van der Waals surface area contributed by atoms with Crippen LogP contribution in [-0.2, 0) is 6.61 Å². The van der Waals surface area contributed by atoms with Crippen LogP contribution in [0.25, 0.3) is 0 Å². The molecule has 1 rings (SSSR count). The molecule has 0 bridgehead atoms. The van der Waals surface area contributed by atoms with E-state index in [1.807, 2.05) is 11.4 Å². The van der Waals surface area contributed by atoms with Crippen LogP contribution in [0.3, 0.4) is 0 Å². The second-order valence-corrected chi connectivity index (χ2v) is 3.62. The van der Waals surface area contributed by atoms with Crippen LogP contribution in [0.2, 0.25) is 0 Å². The van der Waals surface area contributed by atoms with Crippen molar-refractivity contribution >= 4 is 11.3 Å². The molecule has 0 aliphatic heterocycles. The van der Waals surface area contributed by atoms with Gasteiger partial charge < -0.3 is 15.9 Å². The average molecular weight is 187 g/mol. The molecular weight excluding hydrogens is 174 g/mol. The number of aliphatic hydroxyl groups excluding tert-OH is 2. The van der Waals surface area contributed by atoms with Crippen molar-refractivity contribution in [3.8, 4) is 0 Å². The lowest BCUT2D eigenvalue weighted by molar-refractivity contribution is 0.276. The second kappa shape index (κ2) is 4.57. The Kier molecular flexibility index (Phi) is 3.68. The summed E-state index contributed by atoms with van der Waals surface area (Å²) < 4.78 is 0. The third-order valence-electron chi connectivity index (χ3n) is 1.70. The zero-order chi connectivity index (χ0) is 8.97. The van der Waals surface area contributed by atoms with E-state index in [-0.39, 0.29) is 19.3 Å². The van der Waals surface area contributed by atoms with Crippen molar-refractivity contribution in [2.75, 3.05) is 6.61 Å². The summed E-state index contributed by atoms with van der Waals surface area (Å²) in [5, 5.41) is 19.3. The van der Waals surface area contributed by atoms with Crippen molar-refractivity contribution in [2.24, 2.45) is 5.73 Å². The summed E-state index contributed by atoms with van der Waals surface area (Å²) in [6.45, 7) is 0.169. The van der Waals surface area contributed by atoms with Crippen molar-refractivity contribution < 1.29 is 10.2 Å². The molecule has 0 aromatic carbocycles. The number of aliphatic hydroxyl groups is 2. The van der Waals surface area contributed by atoms with Gasteiger partial charge in [-0.3, -0.25) is 0 Å². The molecule has 4 heteroatoms. The summed E-state index contributed by atoms with van der Waals surface area (Å²) in [5.41, 5.74) is 6.74. The number of nitrogens with two attached hydrogens (primary N) is 1. The van der Waals surface area contributed by atoms with Crippen LogP contribution in [0.5, 0.6) is 0 Å². The van der Waals surface area contributed by atoms with E-state index in [0.29, 0.717) is 6.42 Å². The molecule has 0 aliphatic rings. The van der Waals surface area contributed by atoms with Crippen LogP contribution in [0, 0.1) is 0 Å². The van der Waals surface area contributed by atoms with Gasteiger partial charge in [0.2, 0.25) is 0 Å². The summed E-state index contributed by atoms with van der Waals surface area (Å²) in [5.74, 6) is 0. The third-order valence-corrected chi connectivity index (χ3v) is 2.64. The predicted octanol–water partition coefficient (Wildman–Crippen LogP) is 0.623. The van der Waals surface area contributed by atoms with Crippen molar-refractivity contribution in [3.63, 3.8) is 0 Å². The molecule has 0 radical (unpaired) electrons. The molecule has 12 heavy (non-hydrogen) atoms. The first-order valence-electron chi connectivity index (χ1n) is 3.82. The summed E-state index contributed by atoms with van der Waals surface area (Å²) in [7, 11) is 0. The van der Waals surface area contributed by atoms with E-state index in [2.05, 4.69) is 0 Å². The maximum Gasteiger partial charge on any atom is 0.0774 e. The number of rotatable bonds is 4. The molecular formula is C8H13NO2S. The highest BCUT2D eigenvalue weighted by molar-refractivity contribution is 7.10. The topological polar surface area (TPSA) is 66.5 Å². The molecule has 1 atom stereocenters. The standard InChI is InChI=1S/C8H13NO2S/c9-8(1-2-10)6-3-7(4-11)12-5-6/h3,5,8,10-11H,1-2,4,9H2. The maximum absolute atomic E-state index is 8.78. The van der Waals surface area contributed by atoms with E-state index < -0.39 is 0 Å². The van der Waals surface area contributed by atoms with Gasteiger partial charge in [0.1, 0.15) is 0 Å². The van der Waals surface area contributed by atoms with E-state index in [9.17, 15) is 0 Å². The summed E-state index contributed by atoms with van der Waals surface area (Å²) in [6, 6.07) is 1.77. The molecule has 0 saturated heterocycles. The minimum Gasteiger partial charge on any atom is -0.396 e. The summed E-state index contributed by atoms with van der Waals surface area (Å²) >= 11 is 1.49. The highest BCUT2D eigenvalue weighted by atomic mass is 32.1. The van der Waals surface area contributed by atoms with Gasteiger partial charge in [-0.1, -0.05) is 0 Å². The Morgan fingerprint density at radius 3 is 2.75 bits per heavy atom. The molecule has 68 valence electrons. The largest absolute Gasteiger partial charge is 0.396 e. The smallest absolute Gasteiger partial charge is 0.0774 e. The molecule has 0 fully saturated rings.